The van der Waals surface area contributed by atoms with Gasteiger partial charge in [-0.3, -0.25) is 0 Å². The summed E-state index contributed by atoms with van der Waals surface area (Å²) >= 11 is 0. The quantitative estimate of drug-likeness (QED) is 0.614. The van der Waals surface area contributed by atoms with Crippen LogP contribution in [0, 0.1) is 0 Å². The number of benzene rings is 1. The van der Waals surface area contributed by atoms with Crippen LogP contribution in [0.3, 0.4) is 0 Å². The summed E-state index contributed by atoms with van der Waals surface area (Å²) in [5.41, 5.74) is 0.649. The Balaban J connectivity index is 2.28. The van der Waals surface area contributed by atoms with Crippen molar-refractivity contribution >= 4 is 12.0 Å². The number of ether oxygens (including phenoxy) is 3. The molecule has 2 aromatic rings. The number of rotatable bonds is 5. The molecule has 0 atom stereocenters. The summed E-state index contributed by atoms with van der Waals surface area (Å²) in [7, 11) is 4.39. The fourth-order valence-corrected chi connectivity index (χ4v) is 1.56. The fourth-order valence-electron chi connectivity index (χ4n) is 1.56. The molecule has 1 aromatic carbocycles. The predicted molar refractivity (Wildman–Crippen MR) is 73.9 cm³/mol. The van der Waals surface area contributed by atoms with E-state index >= 15 is 0 Å². The van der Waals surface area contributed by atoms with Gasteiger partial charge in [-0.25, -0.2) is 4.79 Å². The Morgan fingerprint density at radius 2 is 1.76 bits per heavy atom. The van der Waals surface area contributed by atoms with E-state index in [2.05, 4.69) is 14.9 Å². The van der Waals surface area contributed by atoms with Gasteiger partial charge in [-0.2, -0.15) is 0 Å². The van der Waals surface area contributed by atoms with E-state index in [1.807, 2.05) is 0 Å². The standard InChI is InChI=1S/C14H14N2O5/c1-18-10-6-9(7-11(8-10)19-2)14-16-15-12(21-14)4-5-13(17)20-3/h4-8H,1-3H3. The molecule has 0 fully saturated rings. The molecule has 2 rings (SSSR count). The highest BCUT2D eigenvalue weighted by atomic mass is 16.5. The molecule has 7 heteroatoms. The number of aromatic nitrogens is 2. The molecule has 21 heavy (non-hydrogen) atoms. The van der Waals surface area contributed by atoms with Gasteiger partial charge in [0.1, 0.15) is 11.5 Å². The summed E-state index contributed by atoms with van der Waals surface area (Å²) in [5.74, 6) is 1.19. The van der Waals surface area contributed by atoms with Crippen molar-refractivity contribution in [3.63, 3.8) is 0 Å². The van der Waals surface area contributed by atoms with Crippen LogP contribution < -0.4 is 9.47 Å². The SMILES string of the molecule is COC(=O)C=Cc1nnc(-c2cc(OC)cc(OC)c2)o1. The van der Waals surface area contributed by atoms with E-state index in [9.17, 15) is 4.79 Å². The topological polar surface area (TPSA) is 83.7 Å². The van der Waals surface area contributed by atoms with Gasteiger partial charge in [-0.1, -0.05) is 0 Å². The monoisotopic (exact) mass is 290 g/mol. The minimum atomic E-state index is -0.502. The first-order valence-electron chi connectivity index (χ1n) is 5.99. The lowest BCUT2D eigenvalue weighted by molar-refractivity contribution is -0.134. The van der Waals surface area contributed by atoms with Crippen LogP contribution in [0.1, 0.15) is 5.89 Å². The molecule has 0 aliphatic carbocycles. The maximum atomic E-state index is 11.0. The van der Waals surface area contributed by atoms with Gasteiger partial charge in [-0.15, -0.1) is 10.2 Å². The Bertz CT molecular complexity index is 641. The van der Waals surface area contributed by atoms with Gasteiger partial charge in [0.05, 0.1) is 21.3 Å². The number of carbonyl (C=O) groups is 1. The molecule has 0 aliphatic rings. The normalized spacial score (nSPS) is 10.6. The molecule has 0 amide bonds. The molecule has 0 aliphatic heterocycles. The zero-order valence-electron chi connectivity index (χ0n) is 11.8. The molecule has 0 bridgehead atoms. The third kappa shape index (κ3) is 3.59. The molecule has 0 radical (unpaired) electrons. The largest absolute Gasteiger partial charge is 0.497 e. The van der Waals surface area contributed by atoms with E-state index < -0.39 is 5.97 Å². The minimum Gasteiger partial charge on any atom is -0.497 e. The van der Waals surface area contributed by atoms with Gasteiger partial charge in [0.25, 0.3) is 0 Å². The van der Waals surface area contributed by atoms with Crippen LogP contribution in [0.15, 0.2) is 28.7 Å². The first-order chi connectivity index (χ1) is 10.2. The van der Waals surface area contributed by atoms with E-state index in [1.165, 1.54) is 19.3 Å². The van der Waals surface area contributed by atoms with E-state index in [0.717, 1.165) is 0 Å². The van der Waals surface area contributed by atoms with Crippen molar-refractivity contribution in [1.29, 1.82) is 0 Å². The Labute approximate surface area is 121 Å². The van der Waals surface area contributed by atoms with Crippen molar-refractivity contribution in [2.24, 2.45) is 0 Å². The van der Waals surface area contributed by atoms with Crippen LogP contribution in [-0.2, 0) is 9.53 Å². The molecular formula is C14H14N2O5. The zero-order valence-corrected chi connectivity index (χ0v) is 11.8. The zero-order chi connectivity index (χ0) is 15.2. The van der Waals surface area contributed by atoms with E-state index in [-0.39, 0.29) is 11.8 Å². The third-order valence-electron chi connectivity index (χ3n) is 2.60. The van der Waals surface area contributed by atoms with E-state index in [4.69, 9.17) is 13.9 Å². The second kappa shape index (κ2) is 6.56. The van der Waals surface area contributed by atoms with Crippen molar-refractivity contribution in [1.82, 2.24) is 10.2 Å². The predicted octanol–water partition coefficient (Wildman–Crippen LogP) is 1.94. The molecule has 0 saturated heterocycles. The summed E-state index contributed by atoms with van der Waals surface area (Å²) in [4.78, 5) is 11.0. The molecule has 0 N–H and O–H groups in total. The highest BCUT2D eigenvalue weighted by molar-refractivity contribution is 5.86. The van der Waals surface area contributed by atoms with Crippen LogP contribution in [0.2, 0.25) is 0 Å². The minimum absolute atomic E-state index is 0.192. The van der Waals surface area contributed by atoms with Crippen LogP contribution in [-0.4, -0.2) is 37.5 Å². The van der Waals surface area contributed by atoms with Gasteiger partial charge in [0.15, 0.2) is 0 Å². The highest BCUT2D eigenvalue weighted by Crippen LogP contribution is 2.29. The number of nitrogens with zero attached hydrogens (tertiary/aromatic N) is 2. The number of hydrogen-bond donors (Lipinski definition) is 0. The van der Waals surface area contributed by atoms with Crippen LogP contribution in [0.4, 0.5) is 0 Å². The van der Waals surface area contributed by atoms with Gasteiger partial charge >= 0.3 is 5.97 Å². The highest BCUT2D eigenvalue weighted by Gasteiger charge is 2.10. The maximum absolute atomic E-state index is 11.0. The molecule has 0 spiro atoms. The lowest BCUT2D eigenvalue weighted by atomic mass is 10.2. The van der Waals surface area contributed by atoms with E-state index in [1.54, 1.807) is 32.4 Å². The van der Waals surface area contributed by atoms with Crippen molar-refractivity contribution < 1.29 is 23.4 Å². The van der Waals surface area contributed by atoms with Crippen molar-refractivity contribution in [2.75, 3.05) is 21.3 Å². The van der Waals surface area contributed by atoms with Crippen LogP contribution >= 0.6 is 0 Å². The number of hydrogen-bond acceptors (Lipinski definition) is 7. The number of esters is 1. The molecule has 0 unspecified atom stereocenters. The summed E-state index contributed by atoms with van der Waals surface area (Å²) in [6.45, 7) is 0. The van der Waals surface area contributed by atoms with Crippen LogP contribution in [0.5, 0.6) is 11.5 Å². The first-order valence-corrected chi connectivity index (χ1v) is 5.99. The van der Waals surface area contributed by atoms with Crippen molar-refractivity contribution in [3.8, 4) is 23.0 Å². The van der Waals surface area contributed by atoms with Crippen LogP contribution in [0.25, 0.3) is 17.5 Å². The average Bonchev–Trinajstić information content (AvgIpc) is 3.00. The van der Waals surface area contributed by atoms with Gasteiger partial charge in [-0.05, 0) is 12.1 Å². The lowest BCUT2D eigenvalue weighted by Crippen LogP contribution is -1.93. The van der Waals surface area contributed by atoms with Crippen molar-refractivity contribution in [2.45, 2.75) is 0 Å². The molecule has 0 saturated carbocycles. The summed E-state index contributed by atoms with van der Waals surface area (Å²) in [6.07, 6.45) is 2.57. The summed E-state index contributed by atoms with van der Waals surface area (Å²) in [6, 6.07) is 5.21. The molecule has 110 valence electrons. The molecule has 7 nitrogen and oxygen atoms in total. The first kappa shape index (κ1) is 14.6. The van der Waals surface area contributed by atoms with E-state index in [0.29, 0.717) is 17.1 Å². The summed E-state index contributed by atoms with van der Waals surface area (Å²) in [5, 5.41) is 7.73. The molecular weight excluding hydrogens is 276 g/mol. The third-order valence-corrected chi connectivity index (χ3v) is 2.60. The second-order valence-electron chi connectivity index (χ2n) is 3.90. The van der Waals surface area contributed by atoms with Crippen molar-refractivity contribution in [3.05, 3.63) is 30.2 Å². The Kier molecular flexibility index (Phi) is 4.55. The summed E-state index contributed by atoms with van der Waals surface area (Å²) < 4.78 is 20.3. The Morgan fingerprint density at radius 1 is 1.10 bits per heavy atom. The fraction of sp³-hybridized carbons (Fsp3) is 0.214. The maximum Gasteiger partial charge on any atom is 0.330 e. The lowest BCUT2D eigenvalue weighted by Gasteiger charge is -2.05. The average molecular weight is 290 g/mol. The smallest absolute Gasteiger partial charge is 0.330 e. The van der Waals surface area contributed by atoms with Gasteiger partial charge in [0, 0.05) is 23.8 Å². The molecule has 1 aromatic heterocycles. The Hall–Kier alpha value is -2.83. The van der Waals surface area contributed by atoms with Gasteiger partial charge in [0.2, 0.25) is 11.8 Å². The number of methoxy groups -OCH3 is 3. The number of carbonyl (C=O) groups excluding carboxylic acids is 1. The Morgan fingerprint density at radius 3 is 2.33 bits per heavy atom. The molecule has 1 heterocycles. The second-order valence-corrected chi connectivity index (χ2v) is 3.90. The van der Waals surface area contributed by atoms with Gasteiger partial charge < -0.3 is 18.6 Å².